The molecular formula is C14H18N4O2. The molecule has 0 aliphatic rings. The van der Waals surface area contributed by atoms with Crippen molar-refractivity contribution in [1.29, 1.82) is 0 Å². The number of aliphatic hydroxyl groups excluding tert-OH is 1. The summed E-state index contributed by atoms with van der Waals surface area (Å²) in [6.07, 6.45) is 1.45. The number of aryl methyl sites for hydroxylation is 1. The van der Waals surface area contributed by atoms with E-state index in [4.69, 9.17) is 10.8 Å². The van der Waals surface area contributed by atoms with Crippen molar-refractivity contribution >= 4 is 11.6 Å². The van der Waals surface area contributed by atoms with Crippen molar-refractivity contribution in [3.8, 4) is 0 Å². The van der Waals surface area contributed by atoms with Crippen LogP contribution in [0.5, 0.6) is 0 Å². The van der Waals surface area contributed by atoms with E-state index in [9.17, 15) is 4.79 Å². The van der Waals surface area contributed by atoms with Crippen LogP contribution in [0, 0.1) is 0 Å². The summed E-state index contributed by atoms with van der Waals surface area (Å²) in [7, 11) is 1.67. The highest BCUT2D eigenvalue weighted by Gasteiger charge is 2.21. The normalized spacial score (nSPS) is 10.5. The molecule has 3 N–H and O–H groups in total. The van der Waals surface area contributed by atoms with E-state index in [0.29, 0.717) is 17.9 Å². The van der Waals surface area contributed by atoms with E-state index in [1.807, 2.05) is 30.3 Å². The van der Waals surface area contributed by atoms with Crippen LogP contribution in [0.2, 0.25) is 0 Å². The Kier molecular flexibility index (Phi) is 4.37. The number of nitrogens with two attached hydrogens (primary N) is 1. The molecule has 20 heavy (non-hydrogen) atoms. The Morgan fingerprint density at radius 1 is 1.40 bits per heavy atom. The predicted octanol–water partition coefficient (Wildman–Crippen LogP) is 0.637. The number of nitrogens with zero attached hydrogens (tertiary/aromatic N) is 3. The van der Waals surface area contributed by atoms with E-state index in [0.717, 1.165) is 5.56 Å². The number of hydrogen-bond donors (Lipinski definition) is 2. The van der Waals surface area contributed by atoms with Crippen molar-refractivity contribution in [1.82, 2.24) is 14.7 Å². The second-order valence-corrected chi connectivity index (χ2v) is 4.51. The van der Waals surface area contributed by atoms with E-state index in [2.05, 4.69) is 5.10 Å². The molecule has 0 bridgehead atoms. The summed E-state index contributed by atoms with van der Waals surface area (Å²) in [6.45, 7) is 0.569. The Balaban J connectivity index is 2.22. The second kappa shape index (κ2) is 6.21. The van der Waals surface area contributed by atoms with Crippen LogP contribution in [0.3, 0.4) is 0 Å². The molecule has 0 fully saturated rings. The third-order valence-corrected chi connectivity index (χ3v) is 3.04. The highest BCUT2D eigenvalue weighted by atomic mass is 16.3. The SMILES string of the molecule is Cn1ncc(N)c1C(=O)N(CCO)Cc1ccccc1. The molecule has 6 nitrogen and oxygen atoms in total. The summed E-state index contributed by atoms with van der Waals surface area (Å²) in [5, 5.41) is 13.1. The van der Waals surface area contributed by atoms with Gasteiger partial charge < -0.3 is 15.7 Å². The zero-order valence-electron chi connectivity index (χ0n) is 11.4. The summed E-state index contributed by atoms with van der Waals surface area (Å²) < 4.78 is 1.45. The molecule has 2 aromatic rings. The minimum atomic E-state index is -0.236. The lowest BCUT2D eigenvalue weighted by molar-refractivity contribution is 0.0698. The maximum atomic E-state index is 12.5. The third-order valence-electron chi connectivity index (χ3n) is 3.04. The van der Waals surface area contributed by atoms with Crippen LogP contribution in [-0.4, -0.2) is 38.8 Å². The van der Waals surface area contributed by atoms with Crippen molar-refractivity contribution in [3.05, 3.63) is 47.8 Å². The Bertz CT molecular complexity index is 561. The summed E-state index contributed by atoms with van der Waals surface area (Å²) in [6, 6.07) is 9.61. The largest absolute Gasteiger partial charge is 0.396 e. The first kappa shape index (κ1) is 14.1. The molecule has 1 aromatic heterocycles. The van der Waals surface area contributed by atoms with Gasteiger partial charge in [-0.1, -0.05) is 30.3 Å². The number of nitrogen functional groups attached to an aromatic ring is 1. The Labute approximate surface area is 117 Å². The first-order chi connectivity index (χ1) is 9.63. The molecule has 6 heteroatoms. The van der Waals surface area contributed by atoms with Crippen LogP contribution in [0.15, 0.2) is 36.5 Å². The van der Waals surface area contributed by atoms with Gasteiger partial charge in [-0.05, 0) is 5.56 Å². The van der Waals surface area contributed by atoms with Gasteiger partial charge in [0.1, 0.15) is 5.69 Å². The van der Waals surface area contributed by atoms with Crippen LogP contribution in [0.4, 0.5) is 5.69 Å². The maximum absolute atomic E-state index is 12.5. The Morgan fingerprint density at radius 2 is 2.10 bits per heavy atom. The van der Waals surface area contributed by atoms with Crippen LogP contribution >= 0.6 is 0 Å². The molecule has 0 unspecified atom stereocenters. The van der Waals surface area contributed by atoms with Crippen LogP contribution in [-0.2, 0) is 13.6 Å². The molecule has 0 atom stereocenters. The van der Waals surface area contributed by atoms with Crippen molar-refractivity contribution in [2.75, 3.05) is 18.9 Å². The van der Waals surface area contributed by atoms with Gasteiger partial charge in [-0.3, -0.25) is 9.48 Å². The molecule has 1 amide bonds. The summed E-state index contributed by atoms with van der Waals surface area (Å²) in [5.41, 5.74) is 7.45. The topological polar surface area (TPSA) is 84.4 Å². The van der Waals surface area contributed by atoms with Gasteiger partial charge in [0.2, 0.25) is 0 Å². The summed E-state index contributed by atoms with van der Waals surface area (Å²) in [5.74, 6) is -0.236. The van der Waals surface area contributed by atoms with Crippen molar-refractivity contribution in [2.45, 2.75) is 6.54 Å². The van der Waals surface area contributed by atoms with Gasteiger partial charge in [0.15, 0.2) is 0 Å². The first-order valence-corrected chi connectivity index (χ1v) is 6.35. The number of anilines is 1. The number of benzene rings is 1. The summed E-state index contributed by atoms with van der Waals surface area (Å²) >= 11 is 0. The molecule has 0 spiro atoms. The van der Waals surface area contributed by atoms with Gasteiger partial charge in [0.05, 0.1) is 18.5 Å². The fourth-order valence-electron chi connectivity index (χ4n) is 2.04. The van der Waals surface area contributed by atoms with Gasteiger partial charge in [0, 0.05) is 20.1 Å². The average Bonchev–Trinajstić information content (AvgIpc) is 2.78. The molecule has 2 rings (SSSR count). The van der Waals surface area contributed by atoms with Crippen molar-refractivity contribution in [3.63, 3.8) is 0 Å². The quantitative estimate of drug-likeness (QED) is 0.838. The van der Waals surface area contributed by atoms with E-state index in [-0.39, 0.29) is 19.1 Å². The molecular weight excluding hydrogens is 256 g/mol. The fourth-order valence-corrected chi connectivity index (χ4v) is 2.04. The number of amides is 1. The van der Waals surface area contributed by atoms with Gasteiger partial charge in [-0.15, -0.1) is 0 Å². The zero-order chi connectivity index (χ0) is 14.5. The van der Waals surface area contributed by atoms with E-state index in [1.54, 1.807) is 11.9 Å². The smallest absolute Gasteiger partial charge is 0.274 e. The van der Waals surface area contributed by atoms with Crippen LogP contribution in [0.1, 0.15) is 16.1 Å². The number of carbonyl (C=O) groups excluding carboxylic acids is 1. The molecule has 0 saturated carbocycles. The van der Waals surface area contributed by atoms with Gasteiger partial charge in [-0.25, -0.2) is 0 Å². The minimum Gasteiger partial charge on any atom is -0.396 e. The number of aliphatic hydroxyl groups is 1. The number of carbonyl (C=O) groups is 1. The molecule has 0 aliphatic carbocycles. The highest BCUT2D eigenvalue weighted by molar-refractivity contribution is 5.97. The zero-order valence-corrected chi connectivity index (χ0v) is 11.4. The molecule has 106 valence electrons. The number of aromatic nitrogens is 2. The van der Waals surface area contributed by atoms with Gasteiger partial charge in [0.25, 0.3) is 5.91 Å². The highest BCUT2D eigenvalue weighted by Crippen LogP contribution is 2.14. The molecule has 1 aromatic carbocycles. The average molecular weight is 274 g/mol. The third kappa shape index (κ3) is 2.97. The molecule has 1 heterocycles. The Morgan fingerprint density at radius 3 is 2.65 bits per heavy atom. The Hall–Kier alpha value is -2.34. The maximum Gasteiger partial charge on any atom is 0.274 e. The molecule has 0 radical (unpaired) electrons. The van der Waals surface area contributed by atoms with E-state index >= 15 is 0 Å². The standard InChI is InChI=1S/C14H18N4O2/c1-17-13(12(15)9-16-17)14(20)18(7-8-19)10-11-5-3-2-4-6-11/h2-6,9,19H,7-8,10,15H2,1H3. The lowest BCUT2D eigenvalue weighted by atomic mass is 10.2. The van der Waals surface area contributed by atoms with Gasteiger partial charge >= 0.3 is 0 Å². The van der Waals surface area contributed by atoms with E-state index in [1.165, 1.54) is 10.9 Å². The molecule has 0 saturated heterocycles. The summed E-state index contributed by atoms with van der Waals surface area (Å²) in [4.78, 5) is 14.1. The van der Waals surface area contributed by atoms with Crippen molar-refractivity contribution < 1.29 is 9.90 Å². The second-order valence-electron chi connectivity index (χ2n) is 4.51. The minimum absolute atomic E-state index is 0.101. The van der Waals surface area contributed by atoms with Crippen LogP contribution in [0.25, 0.3) is 0 Å². The monoisotopic (exact) mass is 274 g/mol. The lowest BCUT2D eigenvalue weighted by Crippen LogP contribution is -2.34. The van der Waals surface area contributed by atoms with E-state index < -0.39 is 0 Å². The molecule has 0 aliphatic heterocycles. The van der Waals surface area contributed by atoms with Gasteiger partial charge in [-0.2, -0.15) is 5.10 Å². The lowest BCUT2D eigenvalue weighted by Gasteiger charge is -2.22. The van der Waals surface area contributed by atoms with Crippen LogP contribution < -0.4 is 5.73 Å². The first-order valence-electron chi connectivity index (χ1n) is 6.35. The van der Waals surface area contributed by atoms with Crippen molar-refractivity contribution in [2.24, 2.45) is 7.05 Å². The number of hydrogen-bond acceptors (Lipinski definition) is 4. The fraction of sp³-hybridized carbons (Fsp3) is 0.286. The number of rotatable bonds is 5. The predicted molar refractivity (Wildman–Crippen MR) is 75.9 cm³/mol.